The van der Waals surface area contributed by atoms with Gasteiger partial charge in [-0.25, -0.2) is 0 Å². The molecule has 2 aromatic rings. The molecule has 5 heteroatoms. The van der Waals surface area contributed by atoms with Crippen molar-refractivity contribution < 1.29 is 4.52 Å². The molecule has 3 rings (SSSR count). The zero-order valence-electron chi connectivity index (χ0n) is 12.5. The van der Waals surface area contributed by atoms with Crippen molar-refractivity contribution in [3.05, 3.63) is 41.8 Å². The molecule has 1 aliphatic rings. The van der Waals surface area contributed by atoms with E-state index in [0.717, 1.165) is 30.4 Å². The first kappa shape index (κ1) is 14.2. The molecule has 112 valence electrons. The van der Waals surface area contributed by atoms with Gasteiger partial charge in [0, 0.05) is 17.9 Å². The van der Waals surface area contributed by atoms with Crippen molar-refractivity contribution in [1.29, 1.82) is 0 Å². The summed E-state index contributed by atoms with van der Waals surface area (Å²) in [7, 11) is 0. The van der Waals surface area contributed by atoms with E-state index in [9.17, 15) is 0 Å². The van der Waals surface area contributed by atoms with Crippen LogP contribution in [0, 0.1) is 0 Å². The molecule has 1 fully saturated rings. The van der Waals surface area contributed by atoms with Crippen molar-refractivity contribution in [3.8, 4) is 0 Å². The average molecular weight is 286 g/mol. The highest BCUT2D eigenvalue weighted by molar-refractivity contribution is 5.10. The van der Waals surface area contributed by atoms with E-state index in [1.807, 2.05) is 18.2 Å². The Labute approximate surface area is 125 Å². The molecule has 0 aromatic carbocycles. The number of rotatable bonds is 5. The fraction of sp³-hybridized carbons (Fsp3) is 0.562. The van der Waals surface area contributed by atoms with Crippen molar-refractivity contribution >= 4 is 0 Å². The van der Waals surface area contributed by atoms with Crippen LogP contribution in [0.25, 0.3) is 0 Å². The normalized spacial score (nSPS) is 22.3. The lowest BCUT2D eigenvalue weighted by atomic mass is 9.84. The van der Waals surface area contributed by atoms with Crippen molar-refractivity contribution in [2.75, 3.05) is 6.54 Å². The highest BCUT2D eigenvalue weighted by Crippen LogP contribution is 2.32. The fourth-order valence-corrected chi connectivity index (χ4v) is 3.09. The molecule has 5 nitrogen and oxygen atoms in total. The van der Waals surface area contributed by atoms with E-state index in [0.29, 0.717) is 18.4 Å². The largest absolute Gasteiger partial charge is 0.339 e. The van der Waals surface area contributed by atoms with E-state index >= 15 is 0 Å². The SMILES string of the molecule is CCNC1CCCCC1c1nc(Cc2ccccn2)no1. The Kier molecular flexibility index (Phi) is 4.60. The molecule has 2 aromatic heterocycles. The van der Waals surface area contributed by atoms with Crippen molar-refractivity contribution in [1.82, 2.24) is 20.4 Å². The minimum absolute atomic E-state index is 0.351. The fourth-order valence-electron chi connectivity index (χ4n) is 3.09. The van der Waals surface area contributed by atoms with Gasteiger partial charge in [-0.15, -0.1) is 0 Å². The molecule has 0 spiro atoms. The lowest BCUT2D eigenvalue weighted by Crippen LogP contribution is -2.37. The van der Waals surface area contributed by atoms with Gasteiger partial charge in [0.05, 0.1) is 12.3 Å². The topological polar surface area (TPSA) is 63.8 Å². The van der Waals surface area contributed by atoms with Gasteiger partial charge in [-0.1, -0.05) is 31.0 Å². The van der Waals surface area contributed by atoms with Crippen LogP contribution < -0.4 is 5.32 Å². The maximum absolute atomic E-state index is 5.52. The Morgan fingerprint density at radius 1 is 1.29 bits per heavy atom. The Hall–Kier alpha value is -1.75. The quantitative estimate of drug-likeness (QED) is 0.915. The molecule has 0 amide bonds. The Morgan fingerprint density at radius 2 is 2.19 bits per heavy atom. The third-order valence-corrected chi connectivity index (χ3v) is 4.10. The maximum atomic E-state index is 5.52. The molecule has 1 N–H and O–H groups in total. The van der Waals surface area contributed by atoms with Gasteiger partial charge in [0.1, 0.15) is 0 Å². The second kappa shape index (κ2) is 6.80. The van der Waals surface area contributed by atoms with E-state index in [-0.39, 0.29) is 0 Å². The lowest BCUT2D eigenvalue weighted by Gasteiger charge is -2.29. The molecule has 0 saturated heterocycles. The van der Waals surface area contributed by atoms with Gasteiger partial charge in [0.15, 0.2) is 5.82 Å². The highest BCUT2D eigenvalue weighted by atomic mass is 16.5. The Morgan fingerprint density at radius 3 is 3.00 bits per heavy atom. The number of hydrogen-bond acceptors (Lipinski definition) is 5. The van der Waals surface area contributed by atoms with Gasteiger partial charge in [0.2, 0.25) is 5.89 Å². The van der Waals surface area contributed by atoms with Gasteiger partial charge in [0.25, 0.3) is 0 Å². The second-order valence-corrected chi connectivity index (χ2v) is 5.60. The third-order valence-electron chi connectivity index (χ3n) is 4.10. The smallest absolute Gasteiger partial charge is 0.231 e. The molecule has 0 radical (unpaired) electrons. The number of nitrogens with one attached hydrogen (secondary N) is 1. The molecular weight excluding hydrogens is 264 g/mol. The summed E-state index contributed by atoms with van der Waals surface area (Å²) in [5, 5.41) is 7.68. The Balaban J connectivity index is 1.71. The molecule has 1 aliphatic carbocycles. The van der Waals surface area contributed by atoms with E-state index in [1.165, 1.54) is 19.3 Å². The van der Waals surface area contributed by atoms with Crippen LogP contribution in [-0.2, 0) is 6.42 Å². The van der Waals surface area contributed by atoms with E-state index in [4.69, 9.17) is 4.52 Å². The summed E-state index contributed by atoms with van der Waals surface area (Å²) >= 11 is 0. The summed E-state index contributed by atoms with van der Waals surface area (Å²) < 4.78 is 5.52. The first-order chi connectivity index (χ1) is 10.4. The van der Waals surface area contributed by atoms with E-state index in [2.05, 4.69) is 27.4 Å². The molecule has 0 aliphatic heterocycles. The number of likely N-dealkylation sites (N-methyl/N-ethyl adjacent to an activating group) is 1. The van der Waals surface area contributed by atoms with Crippen LogP contribution in [0.15, 0.2) is 28.9 Å². The number of aromatic nitrogens is 3. The lowest BCUT2D eigenvalue weighted by molar-refractivity contribution is 0.264. The van der Waals surface area contributed by atoms with E-state index in [1.54, 1.807) is 6.20 Å². The zero-order chi connectivity index (χ0) is 14.5. The summed E-state index contributed by atoms with van der Waals surface area (Å²) in [4.78, 5) is 8.91. The summed E-state index contributed by atoms with van der Waals surface area (Å²) in [6, 6.07) is 6.34. The predicted molar refractivity (Wildman–Crippen MR) is 80.0 cm³/mol. The number of hydrogen-bond donors (Lipinski definition) is 1. The summed E-state index contributed by atoms with van der Waals surface area (Å²) in [6.45, 7) is 3.13. The van der Waals surface area contributed by atoms with Crippen molar-refractivity contribution in [2.24, 2.45) is 0 Å². The molecule has 2 unspecified atom stereocenters. The summed E-state index contributed by atoms with van der Waals surface area (Å²) in [5.41, 5.74) is 0.969. The van der Waals surface area contributed by atoms with Gasteiger partial charge in [-0.3, -0.25) is 4.98 Å². The molecule has 2 atom stereocenters. The monoisotopic (exact) mass is 286 g/mol. The second-order valence-electron chi connectivity index (χ2n) is 5.60. The minimum atomic E-state index is 0.351. The molecule has 1 saturated carbocycles. The Bertz CT molecular complexity index is 552. The highest BCUT2D eigenvalue weighted by Gasteiger charge is 2.30. The van der Waals surface area contributed by atoms with Gasteiger partial charge < -0.3 is 9.84 Å². The van der Waals surface area contributed by atoms with Crippen LogP contribution in [0.5, 0.6) is 0 Å². The van der Waals surface area contributed by atoms with Crippen molar-refractivity contribution in [3.63, 3.8) is 0 Å². The number of nitrogens with zero attached hydrogens (tertiary/aromatic N) is 3. The van der Waals surface area contributed by atoms with E-state index < -0.39 is 0 Å². The van der Waals surface area contributed by atoms with Crippen molar-refractivity contribution in [2.45, 2.75) is 51.0 Å². The maximum Gasteiger partial charge on any atom is 0.231 e. The van der Waals surface area contributed by atoms with Gasteiger partial charge in [-0.05, 0) is 31.5 Å². The number of pyridine rings is 1. The van der Waals surface area contributed by atoms with Crippen LogP contribution in [0.3, 0.4) is 0 Å². The predicted octanol–water partition coefficient (Wildman–Crippen LogP) is 2.69. The van der Waals surface area contributed by atoms with Crippen LogP contribution in [0.2, 0.25) is 0 Å². The third kappa shape index (κ3) is 3.47. The van der Waals surface area contributed by atoms with Crippen LogP contribution in [0.4, 0.5) is 0 Å². The zero-order valence-corrected chi connectivity index (χ0v) is 12.5. The molecule has 21 heavy (non-hydrogen) atoms. The summed E-state index contributed by atoms with van der Waals surface area (Å²) in [5.74, 6) is 1.86. The first-order valence-electron chi connectivity index (χ1n) is 7.82. The minimum Gasteiger partial charge on any atom is -0.339 e. The van der Waals surface area contributed by atoms with Crippen LogP contribution in [0.1, 0.15) is 55.9 Å². The molecule has 2 heterocycles. The summed E-state index contributed by atoms with van der Waals surface area (Å²) in [6.07, 6.45) is 7.26. The first-order valence-corrected chi connectivity index (χ1v) is 7.82. The standard InChI is InChI=1S/C16H22N4O/c1-2-17-14-9-4-3-8-13(14)16-19-15(20-21-16)11-12-7-5-6-10-18-12/h5-7,10,13-14,17H,2-4,8-9,11H2,1H3. The molecular formula is C16H22N4O. The van der Waals surface area contributed by atoms with Gasteiger partial charge in [-0.2, -0.15) is 4.98 Å². The molecule has 0 bridgehead atoms. The van der Waals surface area contributed by atoms with Gasteiger partial charge >= 0.3 is 0 Å². The van der Waals surface area contributed by atoms with Crippen LogP contribution >= 0.6 is 0 Å². The van der Waals surface area contributed by atoms with Crippen LogP contribution in [-0.4, -0.2) is 27.7 Å². The average Bonchev–Trinajstić information content (AvgIpc) is 2.97.